The molecule has 0 saturated heterocycles. The zero-order valence-corrected chi connectivity index (χ0v) is 18.2. The highest BCUT2D eigenvalue weighted by molar-refractivity contribution is 6.33. The fourth-order valence-corrected chi connectivity index (χ4v) is 3.94. The van der Waals surface area contributed by atoms with Crippen molar-refractivity contribution in [3.8, 4) is 11.5 Å². The van der Waals surface area contributed by atoms with Gasteiger partial charge in [0.2, 0.25) is 5.82 Å². The maximum absolute atomic E-state index is 12.0. The number of aryl methyl sites for hydroxylation is 1. The van der Waals surface area contributed by atoms with E-state index in [1.807, 2.05) is 25.1 Å². The van der Waals surface area contributed by atoms with Gasteiger partial charge in [0.25, 0.3) is 5.91 Å². The maximum Gasteiger partial charge on any atom is 0.285 e. The molecule has 0 atom stereocenters. The van der Waals surface area contributed by atoms with Gasteiger partial charge in [0.15, 0.2) is 11.5 Å². The summed E-state index contributed by atoms with van der Waals surface area (Å²) < 4.78 is 12.5. The topological polar surface area (TPSA) is 104 Å². The molecule has 0 aliphatic carbocycles. The van der Waals surface area contributed by atoms with Gasteiger partial charge in [-0.25, -0.2) is 9.97 Å². The number of carbonyl (C=O) groups excluding carboxylic acids is 1. The molecule has 8 nitrogen and oxygen atoms in total. The third kappa shape index (κ3) is 3.70. The molecule has 0 aliphatic heterocycles. The highest BCUT2D eigenvalue weighted by Gasteiger charge is 2.19. The van der Waals surface area contributed by atoms with E-state index < -0.39 is 5.91 Å². The number of amides is 1. The molecular formula is C22H22ClN5O3. The Labute approximate surface area is 183 Å². The van der Waals surface area contributed by atoms with Crippen LogP contribution < -0.4 is 20.5 Å². The van der Waals surface area contributed by atoms with E-state index in [0.717, 1.165) is 16.9 Å². The Morgan fingerprint density at radius 1 is 1.19 bits per heavy atom. The number of benzene rings is 2. The Balaban J connectivity index is 1.80. The molecule has 0 fully saturated rings. The normalized spacial score (nSPS) is 11.1. The molecule has 3 N–H and O–H groups in total. The average molecular weight is 440 g/mol. The van der Waals surface area contributed by atoms with Gasteiger partial charge in [0.1, 0.15) is 0 Å². The van der Waals surface area contributed by atoms with Crippen LogP contribution in [0.5, 0.6) is 11.5 Å². The number of fused-ring (bicyclic) bond motifs is 3. The van der Waals surface area contributed by atoms with Crippen molar-refractivity contribution in [3.05, 3.63) is 58.6 Å². The van der Waals surface area contributed by atoms with Crippen molar-refractivity contribution in [2.24, 2.45) is 5.73 Å². The SMILES string of the molecule is COc1cc2nc(CCNc3c(C)cccc3Cl)c3cnc(C(N)=O)n3c2cc1OC. The molecule has 0 unspecified atom stereocenters. The predicted molar refractivity (Wildman–Crippen MR) is 120 cm³/mol. The van der Waals surface area contributed by atoms with Crippen LogP contribution in [-0.2, 0) is 6.42 Å². The van der Waals surface area contributed by atoms with E-state index in [1.165, 1.54) is 0 Å². The first-order valence-electron chi connectivity index (χ1n) is 9.65. The smallest absolute Gasteiger partial charge is 0.285 e. The summed E-state index contributed by atoms with van der Waals surface area (Å²) in [6.45, 7) is 2.58. The summed E-state index contributed by atoms with van der Waals surface area (Å²) in [6.07, 6.45) is 2.18. The minimum atomic E-state index is -0.627. The third-order valence-corrected chi connectivity index (χ3v) is 5.46. The van der Waals surface area contributed by atoms with Crippen LogP contribution in [0.15, 0.2) is 36.5 Å². The number of aromatic nitrogens is 3. The molecule has 31 heavy (non-hydrogen) atoms. The molecule has 2 heterocycles. The Morgan fingerprint density at radius 2 is 1.94 bits per heavy atom. The van der Waals surface area contributed by atoms with Crippen LogP contribution in [-0.4, -0.2) is 41.0 Å². The molecule has 4 aromatic rings. The summed E-state index contributed by atoms with van der Waals surface area (Å²) in [6, 6.07) is 9.29. The minimum absolute atomic E-state index is 0.130. The lowest BCUT2D eigenvalue weighted by Crippen LogP contribution is -2.16. The van der Waals surface area contributed by atoms with Crippen LogP contribution in [0.4, 0.5) is 5.69 Å². The number of nitrogens with one attached hydrogen (secondary N) is 1. The molecule has 0 bridgehead atoms. The fraction of sp³-hybridized carbons (Fsp3) is 0.227. The number of primary amides is 1. The zero-order valence-electron chi connectivity index (χ0n) is 17.4. The van der Waals surface area contributed by atoms with Gasteiger partial charge in [-0.2, -0.15) is 0 Å². The number of nitrogens with two attached hydrogens (primary N) is 1. The van der Waals surface area contributed by atoms with Gasteiger partial charge < -0.3 is 20.5 Å². The van der Waals surface area contributed by atoms with Gasteiger partial charge in [-0.15, -0.1) is 0 Å². The Bertz CT molecular complexity index is 1280. The summed E-state index contributed by atoms with van der Waals surface area (Å²) in [5, 5.41) is 4.04. The fourth-order valence-electron chi connectivity index (χ4n) is 3.65. The molecule has 0 aliphatic rings. The Hall–Kier alpha value is -3.52. The van der Waals surface area contributed by atoms with Crippen molar-refractivity contribution in [1.29, 1.82) is 0 Å². The van der Waals surface area contributed by atoms with Crippen molar-refractivity contribution in [1.82, 2.24) is 14.4 Å². The molecular weight excluding hydrogens is 418 g/mol. The quantitative estimate of drug-likeness (QED) is 0.456. The summed E-state index contributed by atoms with van der Waals surface area (Å²) in [7, 11) is 3.11. The molecule has 0 radical (unpaired) electrons. The second-order valence-corrected chi connectivity index (χ2v) is 7.44. The summed E-state index contributed by atoms with van der Waals surface area (Å²) in [4.78, 5) is 21.1. The third-order valence-electron chi connectivity index (χ3n) is 5.14. The van der Waals surface area contributed by atoms with E-state index >= 15 is 0 Å². The first kappa shape index (κ1) is 20.7. The number of rotatable bonds is 7. The van der Waals surface area contributed by atoms with Gasteiger partial charge in [-0.1, -0.05) is 23.7 Å². The molecule has 0 saturated carbocycles. The molecule has 9 heteroatoms. The molecule has 1 amide bonds. The van der Waals surface area contributed by atoms with E-state index in [9.17, 15) is 4.79 Å². The maximum atomic E-state index is 12.0. The van der Waals surface area contributed by atoms with Crippen LogP contribution in [0.2, 0.25) is 5.02 Å². The number of para-hydroxylation sites is 1. The van der Waals surface area contributed by atoms with Gasteiger partial charge in [-0.3, -0.25) is 9.20 Å². The van der Waals surface area contributed by atoms with Gasteiger partial charge >= 0.3 is 0 Å². The minimum Gasteiger partial charge on any atom is -0.493 e. The number of imidazole rings is 1. The van der Waals surface area contributed by atoms with E-state index in [4.69, 9.17) is 31.8 Å². The van der Waals surface area contributed by atoms with Crippen LogP contribution in [0.1, 0.15) is 21.9 Å². The number of ether oxygens (including phenoxy) is 2. The zero-order chi connectivity index (χ0) is 22.1. The van der Waals surface area contributed by atoms with Crippen molar-refractivity contribution >= 4 is 39.7 Å². The highest BCUT2D eigenvalue weighted by Crippen LogP contribution is 2.33. The first-order valence-corrected chi connectivity index (χ1v) is 10.0. The number of halogens is 1. The predicted octanol–water partition coefficient (Wildman–Crippen LogP) is 3.62. The lowest BCUT2D eigenvalue weighted by molar-refractivity contribution is 0.0990. The van der Waals surface area contributed by atoms with Crippen molar-refractivity contribution in [3.63, 3.8) is 0 Å². The molecule has 4 rings (SSSR count). The summed E-state index contributed by atoms with van der Waals surface area (Å²) in [5.74, 6) is 0.563. The number of hydrogen-bond donors (Lipinski definition) is 2. The number of carbonyl (C=O) groups is 1. The highest BCUT2D eigenvalue weighted by atomic mass is 35.5. The first-order chi connectivity index (χ1) is 14.9. The van der Waals surface area contributed by atoms with E-state index in [1.54, 1.807) is 36.9 Å². The summed E-state index contributed by atoms with van der Waals surface area (Å²) in [5.41, 5.74) is 10.3. The van der Waals surface area contributed by atoms with Gasteiger partial charge in [0.05, 0.1) is 53.4 Å². The standard InChI is InChI=1S/C22H22ClN5O3/c1-12-5-4-6-13(23)20(12)25-8-7-14-17-11-26-22(21(24)29)28(17)16-10-19(31-3)18(30-2)9-15(16)27-14/h4-6,9-11,25H,7-8H2,1-3H3,(H2,24,29). The molecule has 2 aromatic carbocycles. The average Bonchev–Trinajstić information content (AvgIpc) is 3.21. The van der Waals surface area contributed by atoms with E-state index in [2.05, 4.69) is 10.3 Å². The monoisotopic (exact) mass is 439 g/mol. The molecule has 2 aromatic heterocycles. The van der Waals surface area contributed by atoms with Gasteiger partial charge in [-0.05, 0) is 18.6 Å². The second kappa shape index (κ2) is 8.31. The Morgan fingerprint density at radius 3 is 2.61 bits per heavy atom. The Kier molecular flexibility index (Phi) is 5.56. The van der Waals surface area contributed by atoms with Crippen LogP contribution >= 0.6 is 11.6 Å². The van der Waals surface area contributed by atoms with Gasteiger partial charge in [0, 0.05) is 25.1 Å². The van der Waals surface area contributed by atoms with Crippen LogP contribution in [0, 0.1) is 6.92 Å². The largest absolute Gasteiger partial charge is 0.493 e. The molecule has 0 spiro atoms. The number of methoxy groups -OCH3 is 2. The van der Waals surface area contributed by atoms with E-state index in [0.29, 0.717) is 46.0 Å². The van der Waals surface area contributed by atoms with Crippen LogP contribution in [0.3, 0.4) is 0 Å². The number of anilines is 1. The lowest BCUT2D eigenvalue weighted by atomic mass is 10.2. The number of hydrogen-bond acceptors (Lipinski definition) is 6. The summed E-state index contributed by atoms with van der Waals surface area (Å²) >= 11 is 6.32. The van der Waals surface area contributed by atoms with Crippen molar-refractivity contribution < 1.29 is 14.3 Å². The lowest BCUT2D eigenvalue weighted by Gasteiger charge is -2.14. The van der Waals surface area contributed by atoms with E-state index in [-0.39, 0.29) is 5.82 Å². The van der Waals surface area contributed by atoms with Crippen molar-refractivity contribution in [2.45, 2.75) is 13.3 Å². The molecule has 160 valence electrons. The van der Waals surface area contributed by atoms with Crippen LogP contribution in [0.25, 0.3) is 16.6 Å². The number of nitrogens with zero attached hydrogens (tertiary/aromatic N) is 3. The van der Waals surface area contributed by atoms with Crippen molar-refractivity contribution in [2.75, 3.05) is 26.1 Å². The second-order valence-electron chi connectivity index (χ2n) is 7.03.